The number of hydrogen-bond donors (Lipinski definition) is 1. The van der Waals surface area contributed by atoms with Gasteiger partial charge in [0.1, 0.15) is 0 Å². The van der Waals surface area contributed by atoms with Gasteiger partial charge in [-0.1, -0.05) is 6.07 Å². The van der Waals surface area contributed by atoms with E-state index in [1.165, 1.54) is 63.6 Å². The summed E-state index contributed by atoms with van der Waals surface area (Å²) in [7, 11) is 0. The van der Waals surface area contributed by atoms with Crippen molar-refractivity contribution in [3.05, 3.63) is 39.4 Å². The highest BCUT2D eigenvalue weighted by molar-refractivity contribution is 5.93. The smallest absolute Gasteiger partial charge is 0.339 e. The molecule has 0 spiro atoms. The Morgan fingerprint density at radius 1 is 1.21 bits per heavy atom. The zero-order valence-corrected chi connectivity index (χ0v) is 17.0. The first-order chi connectivity index (χ1) is 13.8. The quantitative estimate of drug-likeness (QED) is 0.445. The fourth-order valence-corrected chi connectivity index (χ4v) is 6.40. The Morgan fingerprint density at radius 2 is 1.79 bits per heavy atom. The Hall–Kier alpha value is -2.44. The first-order valence-electron chi connectivity index (χ1n) is 10.5. The van der Waals surface area contributed by atoms with Crippen LogP contribution in [0.4, 0.5) is 5.69 Å². The summed E-state index contributed by atoms with van der Waals surface area (Å²) in [6, 6.07) is 4.31. The van der Waals surface area contributed by atoms with Crippen LogP contribution in [0.2, 0.25) is 0 Å². The van der Waals surface area contributed by atoms with Crippen LogP contribution in [0.15, 0.2) is 18.2 Å². The molecule has 1 N–H and O–H groups in total. The summed E-state index contributed by atoms with van der Waals surface area (Å²) in [6.45, 7) is 3.21. The van der Waals surface area contributed by atoms with Crippen LogP contribution >= 0.6 is 0 Å². The topological polar surface area (TPSA) is 98.5 Å². The summed E-state index contributed by atoms with van der Waals surface area (Å²) in [6.07, 6.45) is 7.60. The molecule has 0 saturated heterocycles. The lowest BCUT2D eigenvalue weighted by molar-refractivity contribution is -0.385. The highest BCUT2D eigenvalue weighted by Gasteiger charge is 2.53. The van der Waals surface area contributed by atoms with Crippen LogP contribution in [0.25, 0.3) is 0 Å². The van der Waals surface area contributed by atoms with Crippen LogP contribution in [0, 0.1) is 40.2 Å². The maximum absolute atomic E-state index is 12.4. The van der Waals surface area contributed by atoms with Gasteiger partial charge in [-0.15, -0.1) is 0 Å². The summed E-state index contributed by atoms with van der Waals surface area (Å²) >= 11 is 0. The van der Waals surface area contributed by atoms with E-state index in [2.05, 4.69) is 12.2 Å². The molecule has 0 aromatic heterocycles. The van der Waals surface area contributed by atoms with Crippen molar-refractivity contribution < 1.29 is 19.2 Å². The molecule has 4 aliphatic carbocycles. The second-order valence-corrected chi connectivity index (χ2v) is 9.35. The molecule has 1 aromatic rings. The number of carbonyl (C=O) groups excluding carboxylic acids is 2. The van der Waals surface area contributed by atoms with Gasteiger partial charge in [0, 0.05) is 17.7 Å². The number of nitro benzene ring substituents is 1. The molecule has 0 radical (unpaired) electrons. The molecule has 29 heavy (non-hydrogen) atoms. The van der Waals surface area contributed by atoms with E-state index in [1.807, 2.05) is 0 Å². The van der Waals surface area contributed by atoms with Gasteiger partial charge >= 0.3 is 5.97 Å². The minimum atomic E-state index is -0.719. The Balaban J connectivity index is 1.34. The predicted molar refractivity (Wildman–Crippen MR) is 106 cm³/mol. The van der Waals surface area contributed by atoms with Crippen molar-refractivity contribution in [2.75, 3.05) is 6.61 Å². The molecule has 0 unspecified atom stereocenters. The normalized spacial score (nSPS) is 30.6. The Bertz CT molecular complexity index is 814. The number of ether oxygens (including phenoxy) is 1. The number of rotatable bonds is 6. The molecule has 1 aromatic carbocycles. The fraction of sp³-hybridized carbons (Fsp3) is 0.636. The van der Waals surface area contributed by atoms with Crippen LogP contribution in [0.5, 0.6) is 0 Å². The highest BCUT2D eigenvalue weighted by atomic mass is 16.6. The largest absolute Gasteiger partial charge is 0.452 e. The van der Waals surface area contributed by atoms with E-state index >= 15 is 0 Å². The van der Waals surface area contributed by atoms with Gasteiger partial charge in [-0.05, 0) is 81.6 Å². The molecule has 4 bridgehead atoms. The van der Waals surface area contributed by atoms with Crippen molar-refractivity contribution in [3.63, 3.8) is 0 Å². The Kier molecular flexibility index (Phi) is 5.09. The van der Waals surface area contributed by atoms with E-state index in [9.17, 15) is 19.7 Å². The van der Waals surface area contributed by atoms with E-state index in [4.69, 9.17) is 4.74 Å². The summed E-state index contributed by atoms with van der Waals surface area (Å²) in [4.78, 5) is 35.3. The summed E-state index contributed by atoms with van der Waals surface area (Å²) in [5.74, 6) is 1.37. The standard InChI is InChI=1S/C22H28N2O5/c1-13-18(4-3-5-19(13)24(27)28)21(26)29-12-20(25)23-14(2)22-9-15-6-16(10-22)8-17(7-15)11-22/h3-5,14-17H,6-12H2,1-2H3,(H,23,25)/t14-,15?,16?,17?,22?/m1/s1. The average molecular weight is 400 g/mol. The van der Waals surface area contributed by atoms with Crippen molar-refractivity contribution >= 4 is 17.6 Å². The SMILES string of the molecule is Cc1c(C(=O)OCC(=O)N[C@H](C)C23CC4CC(CC(C4)C2)C3)cccc1[N+](=O)[O-]. The Labute approximate surface area is 170 Å². The summed E-state index contributed by atoms with van der Waals surface area (Å²) < 4.78 is 5.15. The molecular weight excluding hydrogens is 372 g/mol. The number of hydrogen-bond acceptors (Lipinski definition) is 5. The van der Waals surface area contributed by atoms with Crippen molar-refractivity contribution in [2.45, 2.75) is 58.4 Å². The van der Waals surface area contributed by atoms with Crippen LogP contribution in [-0.2, 0) is 9.53 Å². The molecule has 4 fully saturated rings. The lowest BCUT2D eigenvalue weighted by Crippen LogP contribution is -2.56. The second kappa shape index (κ2) is 7.43. The van der Waals surface area contributed by atoms with Crippen molar-refractivity contribution in [1.29, 1.82) is 0 Å². The molecule has 5 rings (SSSR count). The van der Waals surface area contributed by atoms with E-state index in [-0.39, 0.29) is 40.8 Å². The molecule has 4 saturated carbocycles. The van der Waals surface area contributed by atoms with Crippen molar-refractivity contribution in [1.82, 2.24) is 5.32 Å². The van der Waals surface area contributed by atoms with Crippen LogP contribution in [0.3, 0.4) is 0 Å². The summed E-state index contributed by atoms with van der Waals surface area (Å²) in [5, 5.41) is 14.1. The maximum atomic E-state index is 12.4. The van der Waals surface area contributed by atoms with Gasteiger partial charge in [0.05, 0.1) is 10.5 Å². The molecule has 4 aliphatic rings. The van der Waals surface area contributed by atoms with Gasteiger partial charge in [0.25, 0.3) is 11.6 Å². The van der Waals surface area contributed by atoms with Crippen LogP contribution < -0.4 is 5.32 Å². The van der Waals surface area contributed by atoms with Crippen LogP contribution in [-0.4, -0.2) is 29.4 Å². The predicted octanol–water partition coefficient (Wildman–Crippen LogP) is 3.78. The third-order valence-electron chi connectivity index (χ3n) is 7.44. The van der Waals surface area contributed by atoms with E-state index in [0.717, 1.165) is 17.8 Å². The number of carbonyl (C=O) groups is 2. The number of esters is 1. The second-order valence-electron chi connectivity index (χ2n) is 9.35. The van der Waals surface area contributed by atoms with Gasteiger partial charge in [-0.3, -0.25) is 14.9 Å². The molecule has 1 atom stereocenters. The van der Waals surface area contributed by atoms with E-state index in [0.29, 0.717) is 0 Å². The number of amides is 1. The monoisotopic (exact) mass is 400 g/mol. The number of nitrogens with zero attached hydrogens (tertiary/aromatic N) is 1. The third-order valence-corrected chi connectivity index (χ3v) is 7.44. The van der Waals surface area contributed by atoms with Gasteiger partial charge < -0.3 is 10.1 Å². The molecule has 0 heterocycles. The number of nitro groups is 1. The maximum Gasteiger partial charge on any atom is 0.339 e. The third kappa shape index (κ3) is 3.74. The lowest BCUT2D eigenvalue weighted by atomic mass is 9.48. The van der Waals surface area contributed by atoms with Gasteiger partial charge in [-0.25, -0.2) is 4.79 Å². The average Bonchev–Trinajstić information content (AvgIpc) is 2.65. The minimum absolute atomic E-state index is 0.0571. The first-order valence-corrected chi connectivity index (χ1v) is 10.5. The molecule has 1 amide bonds. The van der Waals surface area contributed by atoms with E-state index in [1.54, 1.807) is 0 Å². The molecular formula is C22H28N2O5. The van der Waals surface area contributed by atoms with Gasteiger partial charge in [0.15, 0.2) is 6.61 Å². The minimum Gasteiger partial charge on any atom is -0.452 e. The van der Waals surface area contributed by atoms with Gasteiger partial charge in [0.2, 0.25) is 0 Å². The number of benzene rings is 1. The van der Waals surface area contributed by atoms with Crippen molar-refractivity contribution in [3.8, 4) is 0 Å². The zero-order chi connectivity index (χ0) is 20.8. The molecule has 156 valence electrons. The highest BCUT2D eigenvalue weighted by Crippen LogP contribution is 2.61. The fourth-order valence-electron chi connectivity index (χ4n) is 6.40. The van der Waals surface area contributed by atoms with Crippen molar-refractivity contribution in [2.24, 2.45) is 23.2 Å². The van der Waals surface area contributed by atoms with Crippen LogP contribution in [0.1, 0.15) is 61.4 Å². The number of nitrogens with one attached hydrogen (secondary N) is 1. The lowest BCUT2D eigenvalue weighted by Gasteiger charge is -2.59. The zero-order valence-electron chi connectivity index (χ0n) is 17.0. The van der Waals surface area contributed by atoms with Gasteiger partial charge in [-0.2, -0.15) is 0 Å². The molecule has 0 aliphatic heterocycles. The molecule has 7 nitrogen and oxygen atoms in total. The van der Waals surface area contributed by atoms with E-state index < -0.39 is 10.9 Å². The molecule has 7 heteroatoms. The summed E-state index contributed by atoms with van der Waals surface area (Å²) in [5.41, 5.74) is 0.399. The Morgan fingerprint density at radius 3 is 2.34 bits per heavy atom. The first kappa shape index (κ1) is 19.9.